The van der Waals surface area contributed by atoms with Crippen molar-refractivity contribution in [1.29, 1.82) is 0 Å². The first kappa shape index (κ1) is 14.5. The van der Waals surface area contributed by atoms with Crippen molar-refractivity contribution in [3.63, 3.8) is 0 Å². The molecule has 0 fully saturated rings. The summed E-state index contributed by atoms with van der Waals surface area (Å²) in [5.41, 5.74) is 3.02. The average Bonchev–Trinajstić information content (AvgIpc) is 2.76. The molecule has 0 aliphatic rings. The monoisotopic (exact) mass is 294 g/mol. The Balaban J connectivity index is 2.07. The molecule has 2 rings (SSSR count). The van der Waals surface area contributed by atoms with Crippen LogP contribution in [0.15, 0.2) is 35.4 Å². The lowest BCUT2D eigenvalue weighted by Gasteiger charge is -2.06. The molecule has 7 heteroatoms. The molecule has 0 saturated carbocycles. The quantitative estimate of drug-likeness (QED) is 0.868. The van der Waals surface area contributed by atoms with Crippen LogP contribution in [-0.4, -0.2) is 18.2 Å². The normalized spacial score (nSPS) is 11.6. The number of anilines is 1. The molecular weight excluding hydrogens is 276 g/mol. The summed E-state index contributed by atoms with van der Waals surface area (Å²) in [6.07, 6.45) is 2.85. The van der Waals surface area contributed by atoms with Gasteiger partial charge in [-0.1, -0.05) is 6.92 Å². The van der Waals surface area contributed by atoms with E-state index >= 15 is 0 Å². The highest BCUT2D eigenvalue weighted by Gasteiger charge is 2.08. The number of nitrogens with one attached hydrogen (secondary N) is 1. The number of hydrogen-bond acceptors (Lipinski definition) is 4. The van der Waals surface area contributed by atoms with E-state index in [1.54, 1.807) is 16.8 Å². The molecule has 108 valence electrons. The molecule has 3 N–H and O–H groups in total. The molecule has 1 aromatic carbocycles. The summed E-state index contributed by atoms with van der Waals surface area (Å²) in [4.78, 5) is 0.110. The largest absolute Gasteiger partial charge is 0.381 e. The zero-order valence-electron chi connectivity index (χ0n) is 11.5. The van der Waals surface area contributed by atoms with Gasteiger partial charge >= 0.3 is 0 Å². The lowest BCUT2D eigenvalue weighted by atomic mass is 10.2. The molecule has 0 spiro atoms. The predicted molar refractivity (Wildman–Crippen MR) is 77.7 cm³/mol. The maximum Gasteiger partial charge on any atom is 0.238 e. The van der Waals surface area contributed by atoms with E-state index in [9.17, 15) is 8.42 Å². The number of aryl methyl sites for hydroxylation is 2. The second-order valence-corrected chi connectivity index (χ2v) is 6.11. The van der Waals surface area contributed by atoms with Crippen LogP contribution in [0.2, 0.25) is 0 Å². The Morgan fingerprint density at radius 3 is 2.50 bits per heavy atom. The minimum Gasteiger partial charge on any atom is -0.381 e. The zero-order valence-corrected chi connectivity index (χ0v) is 12.3. The molecule has 0 amide bonds. The number of hydrogen-bond donors (Lipinski definition) is 2. The van der Waals surface area contributed by atoms with Crippen LogP contribution >= 0.6 is 0 Å². The van der Waals surface area contributed by atoms with E-state index in [0.717, 1.165) is 23.4 Å². The van der Waals surface area contributed by atoms with E-state index in [-0.39, 0.29) is 4.90 Å². The summed E-state index contributed by atoms with van der Waals surface area (Å²) in [7, 11) is -1.74. The summed E-state index contributed by atoms with van der Waals surface area (Å²) < 4.78 is 24.1. The van der Waals surface area contributed by atoms with Crippen LogP contribution in [0.3, 0.4) is 0 Å². The molecule has 2 aromatic rings. The van der Waals surface area contributed by atoms with E-state index in [2.05, 4.69) is 17.3 Å². The topological polar surface area (TPSA) is 90.0 Å². The first-order chi connectivity index (χ1) is 9.40. The van der Waals surface area contributed by atoms with Gasteiger partial charge in [0.05, 0.1) is 10.6 Å². The first-order valence-corrected chi connectivity index (χ1v) is 7.83. The van der Waals surface area contributed by atoms with E-state index in [1.807, 2.05) is 13.2 Å². The molecule has 0 unspecified atom stereocenters. The fourth-order valence-electron chi connectivity index (χ4n) is 1.99. The molecule has 0 saturated heterocycles. The standard InChI is InChI=1S/C13H18N4O2S/c1-3-13-10(9-17(2)16-13)8-15-11-4-6-12(7-5-11)20(14,18)19/h4-7,9,15H,3,8H2,1-2H3,(H2,14,18,19). The van der Waals surface area contributed by atoms with Crippen molar-refractivity contribution in [3.8, 4) is 0 Å². The van der Waals surface area contributed by atoms with Gasteiger partial charge in [-0.05, 0) is 30.7 Å². The SMILES string of the molecule is CCc1nn(C)cc1CNc1ccc(S(N)(=O)=O)cc1. The van der Waals surface area contributed by atoms with Crippen LogP contribution in [0, 0.1) is 0 Å². The minimum absolute atomic E-state index is 0.110. The van der Waals surface area contributed by atoms with E-state index < -0.39 is 10.0 Å². The van der Waals surface area contributed by atoms with Crippen LogP contribution in [0.5, 0.6) is 0 Å². The summed E-state index contributed by atoms with van der Waals surface area (Å²) in [6.45, 7) is 2.71. The van der Waals surface area contributed by atoms with Crippen LogP contribution in [0.1, 0.15) is 18.2 Å². The van der Waals surface area contributed by atoms with Crippen LogP contribution in [0.25, 0.3) is 0 Å². The Morgan fingerprint density at radius 2 is 1.95 bits per heavy atom. The summed E-state index contributed by atoms with van der Waals surface area (Å²) >= 11 is 0. The van der Waals surface area contributed by atoms with Gasteiger partial charge in [0.25, 0.3) is 0 Å². The number of nitrogens with two attached hydrogens (primary N) is 1. The lowest BCUT2D eigenvalue weighted by molar-refractivity contribution is 0.598. The third kappa shape index (κ3) is 3.37. The fourth-order valence-corrected chi connectivity index (χ4v) is 2.50. The summed E-state index contributed by atoms with van der Waals surface area (Å²) in [5, 5.41) is 12.7. The van der Waals surface area contributed by atoms with E-state index in [4.69, 9.17) is 5.14 Å². The molecule has 1 heterocycles. The zero-order chi connectivity index (χ0) is 14.8. The second-order valence-electron chi connectivity index (χ2n) is 4.55. The maximum atomic E-state index is 11.2. The van der Waals surface area contributed by atoms with E-state index in [1.165, 1.54) is 12.1 Å². The van der Waals surface area contributed by atoms with Gasteiger partial charge in [0, 0.05) is 31.0 Å². The highest BCUT2D eigenvalue weighted by atomic mass is 32.2. The average molecular weight is 294 g/mol. The van der Waals surface area contributed by atoms with Crippen molar-refractivity contribution in [3.05, 3.63) is 41.7 Å². The first-order valence-electron chi connectivity index (χ1n) is 6.28. The Kier molecular flexibility index (Phi) is 4.10. The minimum atomic E-state index is -3.64. The predicted octanol–water partition coefficient (Wildman–Crippen LogP) is 1.24. The highest BCUT2D eigenvalue weighted by Crippen LogP contribution is 2.15. The van der Waals surface area contributed by atoms with Crippen LogP contribution in [0.4, 0.5) is 5.69 Å². The Bertz CT molecular complexity index is 690. The van der Waals surface area contributed by atoms with Gasteiger partial charge in [0.1, 0.15) is 0 Å². The van der Waals surface area contributed by atoms with Crippen LogP contribution < -0.4 is 10.5 Å². The summed E-state index contributed by atoms with van der Waals surface area (Å²) in [6, 6.07) is 6.37. The number of benzene rings is 1. The molecule has 0 aliphatic carbocycles. The molecule has 0 bridgehead atoms. The maximum absolute atomic E-state index is 11.2. The third-order valence-electron chi connectivity index (χ3n) is 2.99. The van der Waals surface area contributed by atoms with Crippen molar-refractivity contribution < 1.29 is 8.42 Å². The molecule has 1 aromatic heterocycles. The smallest absolute Gasteiger partial charge is 0.238 e. The Hall–Kier alpha value is -1.86. The highest BCUT2D eigenvalue weighted by molar-refractivity contribution is 7.89. The molecular formula is C13H18N4O2S. The molecule has 20 heavy (non-hydrogen) atoms. The molecule has 0 radical (unpaired) electrons. The molecule has 0 atom stereocenters. The van der Waals surface area contributed by atoms with Crippen molar-refractivity contribution >= 4 is 15.7 Å². The second kappa shape index (κ2) is 5.64. The number of sulfonamides is 1. The summed E-state index contributed by atoms with van der Waals surface area (Å²) in [5.74, 6) is 0. The van der Waals surface area contributed by atoms with Gasteiger partial charge in [-0.2, -0.15) is 5.10 Å². The van der Waals surface area contributed by atoms with Crippen molar-refractivity contribution in [2.45, 2.75) is 24.8 Å². The fraction of sp³-hybridized carbons (Fsp3) is 0.308. The van der Waals surface area contributed by atoms with Crippen molar-refractivity contribution in [2.24, 2.45) is 12.2 Å². The van der Waals surface area contributed by atoms with Gasteiger partial charge in [0.2, 0.25) is 10.0 Å². The van der Waals surface area contributed by atoms with Gasteiger partial charge in [-0.3, -0.25) is 4.68 Å². The number of rotatable bonds is 5. The lowest BCUT2D eigenvalue weighted by Crippen LogP contribution is -2.12. The van der Waals surface area contributed by atoms with Gasteiger partial charge in [-0.15, -0.1) is 0 Å². The van der Waals surface area contributed by atoms with Gasteiger partial charge < -0.3 is 5.32 Å². The Morgan fingerprint density at radius 1 is 1.30 bits per heavy atom. The number of aromatic nitrogens is 2. The number of primary sulfonamides is 1. The van der Waals surface area contributed by atoms with Gasteiger partial charge in [-0.25, -0.2) is 13.6 Å². The van der Waals surface area contributed by atoms with Crippen molar-refractivity contribution in [2.75, 3.05) is 5.32 Å². The number of nitrogens with zero attached hydrogens (tertiary/aromatic N) is 2. The molecule has 6 nitrogen and oxygen atoms in total. The Labute approximate surface area is 118 Å². The third-order valence-corrected chi connectivity index (χ3v) is 3.92. The van der Waals surface area contributed by atoms with E-state index in [0.29, 0.717) is 6.54 Å². The van der Waals surface area contributed by atoms with Crippen LogP contribution in [-0.2, 0) is 30.0 Å². The molecule has 0 aliphatic heterocycles. The van der Waals surface area contributed by atoms with Crippen molar-refractivity contribution in [1.82, 2.24) is 9.78 Å². The van der Waals surface area contributed by atoms with Gasteiger partial charge in [0.15, 0.2) is 0 Å².